The van der Waals surface area contributed by atoms with Crippen LogP contribution >= 0.6 is 15.9 Å². The monoisotopic (exact) mass is 707 g/mol. The number of rotatable bonds is 16. The number of allylic oxidation sites excluding steroid dienone is 1. The Morgan fingerprint density at radius 1 is 1.11 bits per heavy atom. The number of esters is 1. The largest absolute Gasteiger partial charge is 0.465 e. The molecule has 3 heterocycles. The van der Waals surface area contributed by atoms with Crippen molar-refractivity contribution in [3.63, 3.8) is 0 Å². The number of likely N-dealkylation sites (tertiary alicyclic amines) is 1. The van der Waals surface area contributed by atoms with Gasteiger partial charge in [0.2, 0.25) is 5.91 Å². The van der Waals surface area contributed by atoms with Crippen LogP contribution in [0.15, 0.2) is 79.9 Å². The number of halogens is 1. The summed E-state index contributed by atoms with van der Waals surface area (Å²) in [4.78, 5) is 48.4. The van der Waals surface area contributed by atoms with Gasteiger partial charge in [0.1, 0.15) is 11.6 Å². The summed E-state index contributed by atoms with van der Waals surface area (Å²) in [6, 6.07) is 15.5. The first-order chi connectivity index (χ1) is 22.8. The molecule has 3 aliphatic rings. The van der Waals surface area contributed by atoms with E-state index in [1.165, 1.54) is 4.90 Å². The van der Waals surface area contributed by atoms with Crippen LogP contribution in [0.25, 0.3) is 0 Å². The molecule has 0 aromatic heterocycles. The number of hydrogen-bond donors (Lipinski definition) is 1. The Bertz CT molecular complexity index is 1430. The van der Waals surface area contributed by atoms with E-state index in [4.69, 9.17) is 9.47 Å². The molecule has 0 radical (unpaired) electrons. The van der Waals surface area contributed by atoms with Crippen LogP contribution in [0.4, 0.5) is 11.4 Å². The van der Waals surface area contributed by atoms with Gasteiger partial charge in [-0.1, -0.05) is 58.4 Å². The van der Waals surface area contributed by atoms with Crippen LogP contribution in [0.2, 0.25) is 0 Å². The normalized spacial score (nSPS) is 26.5. The fourth-order valence-electron chi connectivity index (χ4n) is 7.67. The van der Waals surface area contributed by atoms with Gasteiger partial charge >= 0.3 is 5.97 Å². The van der Waals surface area contributed by atoms with Crippen LogP contribution < -0.4 is 9.80 Å². The van der Waals surface area contributed by atoms with Gasteiger partial charge in [-0.3, -0.25) is 14.4 Å². The number of carbonyl (C=O) groups is 3. The number of aliphatic hydroxyl groups excluding tert-OH is 1. The van der Waals surface area contributed by atoms with E-state index in [0.717, 1.165) is 24.3 Å². The van der Waals surface area contributed by atoms with Gasteiger partial charge in [0.05, 0.1) is 37.2 Å². The summed E-state index contributed by atoms with van der Waals surface area (Å²) in [6.07, 6.45) is 4.79. The molecular weight excluding hydrogens is 662 g/mol. The maximum Gasteiger partial charge on any atom is 0.312 e. The highest BCUT2D eigenvalue weighted by atomic mass is 79.9. The van der Waals surface area contributed by atoms with Crippen molar-refractivity contribution in [3.05, 3.63) is 85.5 Å². The second-order valence-electron chi connectivity index (χ2n) is 12.5. The van der Waals surface area contributed by atoms with Crippen LogP contribution in [0.3, 0.4) is 0 Å². The van der Waals surface area contributed by atoms with Crippen LogP contribution in [0, 0.1) is 11.8 Å². The van der Waals surface area contributed by atoms with Gasteiger partial charge in [0.25, 0.3) is 5.91 Å². The SMILES string of the molecule is C=CCCCOC(=O)[C@H]1[C@@H]2OC3(CC2Br)C(C(=O)N(CC=C)c2ccc(N(CC)CC)cc2)N([C@@H](CO)Cc2ccccc2)C(=O)[C@H]13. The number of alkyl halides is 1. The minimum Gasteiger partial charge on any atom is -0.465 e. The maximum absolute atomic E-state index is 15.0. The molecule has 2 aromatic rings. The Kier molecular flexibility index (Phi) is 11.3. The van der Waals surface area contributed by atoms with Crippen molar-refractivity contribution in [3.8, 4) is 0 Å². The maximum atomic E-state index is 15.0. The lowest BCUT2D eigenvalue weighted by Crippen LogP contribution is -2.59. The zero-order valence-corrected chi connectivity index (χ0v) is 28.9. The molecule has 2 bridgehead atoms. The Balaban J connectivity index is 1.56. The van der Waals surface area contributed by atoms with E-state index in [9.17, 15) is 14.7 Å². The van der Waals surface area contributed by atoms with Crippen LogP contribution in [0.5, 0.6) is 0 Å². The van der Waals surface area contributed by atoms with Crippen molar-refractivity contribution in [2.45, 2.75) is 68.1 Å². The Morgan fingerprint density at radius 3 is 2.40 bits per heavy atom. The minimum atomic E-state index is -1.29. The van der Waals surface area contributed by atoms with Crippen LogP contribution in [0.1, 0.15) is 38.7 Å². The van der Waals surface area contributed by atoms with Crippen molar-refractivity contribution >= 4 is 45.1 Å². The number of carbonyl (C=O) groups excluding carboxylic acids is 3. The molecule has 252 valence electrons. The van der Waals surface area contributed by atoms with Crippen molar-refractivity contribution in [2.24, 2.45) is 11.8 Å². The van der Waals surface area contributed by atoms with E-state index in [1.807, 2.05) is 54.6 Å². The van der Waals surface area contributed by atoms with Gasteiger partial charge in [0.15, 0.2) is 0 Å². The fraction of sp³-hybridized carbons (Fsp3) is 0.486. The van der Waals surface area contributed by atoms with Crippen LogP contribution in [-0.2, 0) is 30.3 Å². The lowest BCUT2D eigenvalue weighted by molar-refractivity contribution is -0.155. The third-order valence-corrected chi connectivity index (χ3v) is 10.7. The molecule has 10 heteroatoms. The number of anilines is 2. The first kappa shape index (κ1) is 34.9. The first-order valence-electron chi connectivity index (χ1n) is 16.6. The number of benzene rings is 2. The summed E-state index contributed by atoms with van der Waals surface area (Å²) in [6.45, 7) is 13.6. The van der Waals surface area contributed by atoms with Gasteiger partial charge in [0, 0.05) is 35.8 Å². The molecule has 2 aromatic carbocycles. The smallest absolute Gasteiger partial charge is 0.312 e. The third-order valence-electron chi connectivity index (χ3n) is 9.82. The number of ether oxygens (including phenoxy) is 2. The fourth-order valence-corrected chi connectivity index (χ4v) is 8.62. The molecule has 3 aliphatic heterocycles. The summed E-state index contributed by atoms with van der Waals surface area (Å²) in [5.41, 5.74) is 1.32. The number of hydrogen-bond acceptors (Lipinski definition) is 7. The Labute approximate surface area is 286 Å². The van der Waals surface area contributed by atoms with Crippen molar-refractivity contribution < 1.29 is 29.0 Å². The lowest BCUT2D eigenvalue weighted by Gasteiger charge is -2.39. The summed E-state index contributed by atoms with van der Waals surface area (Å²) in [5.74, 6) is -3.04. The van der Waals surface area contributed by atoms with Gasteiger partial charge in [-0.05, 0) is 69.4 Å². The molecule has 3 fully saturated rings. The molecule has 0 aliphatic carbocycles. The number of aliphatic hydroxyl groups is 1. The second kappa shape index (κ2) is 15.2. The molecule has 5 rings (SSSR count). The van der Waals surface area contributed by atoms with E-state index in [1.54, 1.807) is 17.1 Å². The summed E-state index contributed by atoms with van der Waals surface area (Å²) >= 11 is 3.73. The number of fused-ring (bicyclic) bond motifs is 1. The predicted molar refractivity (Wildman–Crippen MR) is 187 cm³/mol. The zero-order chi connectivity index (χ0) is 33.7. The number of amides is 2. The Morgan fingerprint density at radius 2 is 1.79 bits per heavy atom. The average molecular weight is 709 g/mol. The van der Waals surface area contributed by atoms with Gasteiger partial charge in [-0.15, -0.1) is 13.2 Å². The molecule has 1 spiro atoms. The number of nitrogens with zero attached hydrogens (tertiary/aromatic N) is 3. The molecular formula is C37H46BrN3O6. The number of unbranched alkanes of at least 4 members (excludes halogenated alkanes) is 1. The molecule has 1 N–H and O–H groups in total. The minimum absolute atomic E-state index is 0.196. The second-order valence-corrected chi connectivity index (χ2v) is 13.6. The molecule has 2 amide bonds. The van der Waals surface area contributed by atoms with Crippen molar-refractivity contribution in [1.82, 2.24) is 4.90 Å². The third kappa shape index (κ3) is 6.52. The molecule has 3 saturated heterocycles. The summed E-state index contributed by atoms with van der Waals surface area (Å²) in [5, 5.41) is 10.8. The molecule has 47 heavy (non-hydrogen) atoms. The summed E-state index contributed by atoms with van der Waals surface area (Å²) < 4.78 is 12.4. The highest BCUT2D eigenvalue weighted by Crippen LogP contribution is 2.61. The van der Waals surface area contributed by atoms with Gasteiger partial charge in [-0.2, -0.15) is 0 Å². The van der Waals surface area contributed by atoms with E-state index >= 15 is 4.79 Å². The first-order valence-corrected chi connectivity index (χ1v) is 17.5. The standard InChI is InChI=1S/C37H46BrN3O6/c1-5-9-13-21-46-36(45)30-31-34(43)41(28(24-42)22-25-14-11-10-12-15-25)33(37(31)23-29(38)32(30)47-37)35(44)40(20-6-2)27-18-16-26(17-19-27)39(7-3)8-4/h5-6,10-12,14-19,28-33,42H,1-2,7-9,13,20-24H2,3-4H3/t28-,29?,30-,31+,32-,33?,37?/m1/s1. The molecule has 9 nitrogen and oxygen atoms in total. The van der Waals surface area contributed by atoms with E-state index < -0.39 is 41.6 Å². The van der Waals surface area contributed by atoms with Crippen LogP contribution in [-0.4, -0.2) is 89.3 Å². The van der Waals surface area contributed by atoms with Gasteiger partial charge in [-0.25, -0.2) is 0 Å². The van der Waals surface area contributed by atoms with Crippen molar-refractivity contribution in [2.75, 3.05) is 42.6 Å². The van der Waals surface area contributed by atoms with E-state index in [2.05, 4.69) is 47.8 Å². The topological polar surface area (TPSA) is 99.6 Å². The van der Waals surface area contributed by atoms with E-state index in [0.29, 0.717) is 31.4 Å². The van der Waals surface area contributed by atoms with Crippen molar-refractivity contribution in [1.29, 1.82) is 0 Å². The zero-order valence-electron chi connectivity index (χ0n) is 27.3. The van der Waals surface area contributed by atoms with Gasteiger partial charge < -0.3 is 29.3 Å². The molecule has 0 saturated carbocycles. The molecule has 7 atom stereocenters. The molecule has 3 unspecified atom stereocenters. The average Bonchev–Trinajstić information content (AvgIpc) is 3.68. The summed E-state index contributed by atoms with van der Waals surface area (Å²) in [7, 11) is 0. The quantitative estimate of drug-likeness (QED) is 0.115. The Hall–Kier alpha value is -3.47. The lowest BCUT2D eigenvalue weighted by atomic mass is 9.70. The van der Waals surface area contributed by atoms with E-state index in [-0.39, 0.29) is 36.4 Å². The highest BCUT2D eigenvalue weighted by molar-refractivity contribution is 9.09. The highest BCUT2D eigenvalue weighted by Gasteiger charge is 2.77. The predicted octanol–water partition coefficient (Wildman–Crippen LogP) is 4.91.